The van der Waals surface area contributed by atoms with Gasteiger partial charge in [0.2, 0.25) is 0 Å². The standard InChI is InChI=1S/C25H26N2O5S/c1-2-23(29)10-9-20-12-19(6-5-11-28)13-21(14-20)17-33(30,31)32-25-8-4-3-7-24(25)22-15-26-18-27-16-22/h3-4,7-8,11-16,18H,2,5-6,9-10,17H2,1H3. The van der Waals surface area contributed by atoms with E-state index >= 15 is 0 Å². The van der Waals surface area contributed by atoms with Crippen LogP contribution in [0.4, 0.5) is 0 Å². The molecule has 0 saturated carbocycles. The highest BCUT2D eigenvalue weighted by atomic mass is 32.2. The quantitative estimate of drug-likeness (QED) is 0.292. The van der Waals surface area contributed by atoms with Gasteiger partial charge in [-0.1, -0.05) is 43.3 Å². The van der Waals surface area contributed by atoms with Crippen molar-refractivity contribution in [3.8, 4) is 16.9 Å². The van der Waals surface area contributed by atoms with Crippen molar-refractivity contribution in [2.75, 3.05) is 0 Å². The molecule has 0 atom stereocenters. The van der Waals surface area contributed by atoms with Gasteiger partial charge in [-0.2, -0.15) is 8.42 Å². The summed E-state index contributed by atoms with van der Waals surface area (Å²) in [5, 5.41) is 0. The van der Waals surface area contributed by atoms with Gasteiger partial charge in [-0.15, -0.1) is 0 Å². The molecule has 0 aliphatic rings. The third kappa shape index (κ3) is 7.32. The Labute approximate surface area is 194 Å². The Hall–Kier alpha value is -3.39. The number of Topliss-reactive ketones (excluding diaryl/α,β-unsaturated/α-hetero) is 1. The lowest BCUT2D eigenvalue weighted by Gasteiger charge is -2.13. The van der Waals surface area contributed by atoms with Crippen molar-refractivity contribution in [3.63, 3.8) is 0 Å². The first-order valence-corrected chi connectivity index (χ1v) is 12.3. The zero-order chi connectivity index (χ0) is 23.7. The minimum atomic E-state index is -3.99. The molecule has 172 valence electrons. The van der Waals surface area contributed by atoms with Crippen molar-refractivity contribution >= 4 is 22.2 Å². The minimum Gasteiger partial charge on any atom is -0.382 e. The molecule has 0 aliphatic heterocycles. The molecule has 0 saturated heterocycles. The van der Waals surface area contributed by atoms with Gasteiger partial charge in [0.05, 0.1) is 0 Å². The fourth-order valence-corrected chi connectivity index (χ4v) is 4.54. The average Bonchev–Trinajstić information content (AvgIpc) is 2.81. The molecule has 0 aliphatic carbocycles. The number of para-hydroxylation sites is 1. The van der Waals surface area contributed by atoms with Gasteiger partial charge in [-0.25, -0.2) is 9.97 Å². The Morgan fingerprint density at radius 3 is 2.36 bits per heavy atom. The normalized spacial score (nSPS) is 11.2. The van der Waals surface area contributed by atoms with Crippen LogP contribution in [0.1, 0.15) is 42.9 Å². The largest absolute Gasteiger partial charge is 0.382 e. The van der Waals surface area contributed by atoms with Crippen molar-refractivity contribution in [2.24, 2.45) is 0 Å². The number of hydrogen-bond acceptors (Lipinski definition) is 7. The highest BCUT2D eigenvalue weighted by Crippen LogP contribution is 2.30. The van der Waals surface area contributed by atoms with Crippen LogP contribution >= 0.6 is 0 Å². The van der Waals surface area contributed by atoms with Gasteiger partial charge in [-0.05, 0) is 35.6 Å². The summed E-state index contributed by atoms with van der Waals surface area (Å²) in [6, 6.07) is 12.3. The number of rotatable bonds is 12. The SMILES string of the molecule is CCC(=O)CCc1cc(CCC=O)cc(CS(=O)(=O)Oc2ccccc2-c2cncnc2)c1. The summed E-state index contributed by atoms with van der Waals surface area (Å²) in [6.45, 7) is 1.82. The van der Waals surface area contributed by atoms with Crippen LogP contribution < -0.4 is 4.18 Å². The van der Waals surface area contributed by atoms with E-state index < -0.39 is 10.1 Å². The number of aromatic nitrogens is 2. The molecule has 0 N–H and O–H groups in total. The van der Waals surface area contributed by atoms with Gasteiger partial charge in [0, 0.05) is 42.8 Å². The molecule has 0 unspecified atom stereocenters. The van der Waals surface area contributed by atoms with E-state index in [2.05, 4.69) is 9.97 Å². The second kappa shape index (κ2) is 11.5. The third-order valence-corrected chi connectivity index (χ3v) is 6.19. The average molecular weight is 467 g/mol. The van der Waals surface area contributed by atoms with Gasteiger partial charge < -0.3 is 8.98 Å². The number of benzene rings is 2. The van der Waals surface area contributed by atoms with Crippen LogP contribution in [-0.4, -0.2) is 30.5 Å². The van der Waals surface area contributed by atoms with Crippen molar-refractivity contribution in [2.45, 2.75) is 44.8 Å². The number of aryl methyl sites for hydroxylation is 2. The van der Waals surface area contributed by atoms with Crippen molar-refractivity contribution < 1.29 is 22.2 Å². The maximum atomic E-state index is 12.9. The van der Waals surface area contributed by atoms with Gasteiger partial charge in [0.15, 0.2) is 5.75 Å². The number of carbonyl (C=O) groups excluding carboxylic acids is 2. The molecule has 1 aromatic heterocycles. The van der Waals surface area contributed by atoms with Crippen molar-refractivity contribution in [1.82, 2.24) is 9.97 Å². The lowest BCUT2D eigenvalue weighted by atomic mass is 9.99. The first-order chi connectivity index (χ1) is 15.9. The third-order valence-electron chi connectivity index (χ3n) is 5.07. The predicted octanol–water partition coefficient (Wildman–Crippen LogP) is 4.10. The number of carbonyl (C=O) groups is 2. The van der Waals surface area contributed by atoms with Crippen LogP contribution in [0.15, 0.2) is 61.2 Å². The topological polar surface area (TPSA) is 103 Å². The predicted molar refractivity (Wildman–Crippen MR) is 125 cm³/mol. The van der Waals surface area contributed by atoms with E-state index in [4.69, 9.17) is 4.18 Å². The molecule has 0 amide bonds. The van der Waals surface area contributed by atoms with E-state index in [0.717, 1.165) is 17.4 Å². The van der Waals surface area contributed by atoms with Crippen LogP contribution in [0.5, 0.6) is 5.75 Å². The van der Waals surface area contributed by atoms with Gasteiger partial charge in [0.1, 0.15) is 24.1 Å². The lowest BCUT2D eigenvalue weighted by Crippen LogP contribution is -2.13. The molecule has 8 heteroatoms. The molecule has 0 spiro atoms. The zero-order valence-electron chi connectivity index (χ0n) is 18.4. The van der Waals surface area contributed by atoms with E-state index in [9.17, 15) is 18.0 Å². The van der Waals surface area contributed by atoms with E-state index in [0.29, 0.717) is 48.8 Å². The second-order valence-electron chi connectivity index (χ2n) is 7.66. The summed E-state index contributed by atoms with van der Waals surface area (Å²) < 4.78 is 31.4. The summed E-state index contributed by atoms with van der Waals surface area (Å²) in [6.07, 6.45) is 7.62. The Morgan fingerprint density at radius 2 is 1.67 bits per heavy atom. The Kier molecular flexibility index (Phi) is 8.43. The van der Waals surface area contributed by atoms with Gasteiger partial charge >= 0.3 is 10.1 Å². The number of nitrogens with zero attached hydrogens (tertiary/aromatic N) is 2. The summed E-state index contributed by atoms with van der Waals surface area (Å²) in [4.78, 5) is 30.5. The lowest BCUT2D eigenvalue weighted by molar-refractivity contribution is -0.118. The molecule has 0 radical (unpaired) electrons. The van der Waals surface area contributed by atoms with Crippen LogP contribution in [0, 0.1) is 0 Å². The monoisotopic (exact) mass is 466 g/mol. The maximum absolute atomic E-state index is 12.9. The molecule has 1 heterocycles. The summed E-state index contributed by atoms with van der Waals surface area (Å²) in [7, 11) is -3.99. The smallest absolute Gasteiger partial charge is 0.313 e. The van der Waals surface area contributed by atoms with E-state index in [1.54, 1.807) is 48.8 Å². The Morgan fingerprint density at radius 1 is 1.00 bits per heavy atom. The summed E-state index contributed by atoms with van der Waals surface area (Å²) in [5.74, 6) is 0.00138. The molecule has 7 nitrogen and oxygen atoms in total. The van der Waals surface area contributed by atoms with Crippen LogP contribution in [0.3, 0.4) is 0 Å². The van der Waals surface area contributed by atoms with Crippen molar-refractivity contribution in [3.05, 3.63) is 77.9 Å². The zero-order valence-corrected chi connectivity index (χ0v) is 19.3. The molecular formula is C25H26N2O5S. The molecule has 3 aromatic rings. The minimum absolute atomic E-state index is 0.146. The van der Waals surface area contributed by atoms with Gasteiger partial charge in [0.25, 0.3) is 0 Å². The fourth-order valence-electron chi connectivity index (χ4n) is 3.48. The van der Waals surface area contributed by atoms with Crippen LogP contribution in [0.2, 0.25) is 0 Å². The van der Waals surface area contributed by atoms with Crippen LogP contribution in [-0.2, 0) is 38.3 Å². The summed E-state index contributed by atoms with van der Waals surface area (Å²) in [5.41, 5.74) is 3.49. The number of aldehydes is 1. The summed E-state index contributed by atoms with van der Waals surface area (Å²) >= 11 is 0. The first-order valence-electron chi connectivity index (χ1n) is 10.7. The van der Waals surface area contributed by atoms with Crippen LogP contribution in [0.25, 0.3) is 11.1 Å². The van der Waals surface area contributed by atoms with E-state index in [1.807, 2.05) is 13.0 Å². The highest BCUT2D eigenvalue weighted by Gasteiger charge is 2.18. The molecule has 33 heavy (non-hydrogen) atoms. The Balaban J connectivity index is 1.84. The van der Waals surface area contributed by atoms with Crippen molar-refractivity contribution in [1.29, 1.82) is 0 Å². The molecule has 2 aromatic carbocycles. The molecular weight excluding hydrogens is 440 g/mol. The number of ketones is 1. The molecule has 0 fully saturated rings. The Bertz CT molecular complexity index is 1210. The van der Waals surface area contributed by atoms with Gasteiger partial charge in [-0.3, -0.25) is 4.79 Å². The molecule has 0 bridgehead atoms. The molecule has 3 rings (SSSR count). The fraction of sp³-hybridized carbons (Fsp3) is 0.280. The van der Waals surface area contributed by atoms with E-state index in [1.165, 1.54) is 6.33 Å². The number of hydrogen-bond donors (Lipinski definition) is 0. The second-order valence-corrected chi connectivity index (χ2v) is 9.23. The highest BCUT2D eigenvalue weighted by molar-refractivity contribution is 7.86. The first kappa shape index (κ1) is 24.3. The maximum Gasteiger partial charge on any atom is 0.313 e. The van der Waals surface area contributed by atoms with E-state index in [-0.39, 0.29) is 17.3 Å².